The molecule has 29 nitrogen and oxygen atoms in total. The highest BCUT2D eigenvalue weighted by Gasteiger charge is 2.26. The lowest BCUT2D eigenvalue weighted by Crippen LogP contribution is -2.32. The van der Waals surface area contributed by atoms with Crippen molar-refractivity contribution in [2.24, 2.45) is 0 Å². The molecule has 121 heavy (non-hydrogen) atoms. The van der Waals surface area contributed by atoms with Crippen LogP contribution in [-0.2, 0) is 140 Å². The van der Waals surface area contributed by atoms with E-state index in [4.69, 9.17) is 114 Å². The van der Waals surface area contributed by atoms with E-state index in [2.05, 4.69) is 60.9 Å². The molecular weight excluding hydrogens is 1570 g/mol. The van der Waals surface area contributed by atoms with Crippen molar-refractivity contribution in [3.8, 4) is 0 Å². The summed E-state index contributed by atoms with van der Waals surface area (Å²) in [6.45, 7) is 42.7. The number of ether oxygens (including phenoxy) is 25. The number of methoxy groups -OCH3 is 8. The summed E-state index contributed by atoms with van der Waals surface area (Å²) in [6, 6.07) is 32.0. The number of esters is 2. The monoisotopic (exact) mass is 1710 g/mol. The van der Waals surface area contributed by atoms with Crippen LogP contribution in [0.2, 0.25) is 0 Å². The summed E-state index contributed by atoms with van der Waals surface area (Å²) in [5, 5.41) is 21.1. The number of benzene rings is 4. The topological polar surface area (TPSA) is 305 Å². The molecule has 0 aromatic heterocycles. The van der Waals surface area contributed by atoms with Crippen molar-refractivity contribution in [1.82, 2.24) is 0 Å². The average molecular weight is 1720 g/mol. The Morgan fingerprint density at radius 3 is 0.769 bits per heavy atom. The summed E-state index contributed by atoms with van der Waals surface area (Å²) < 4.78 is 130. The van der Waals surface area contributed by atoms with Crippen LogP contribution < -0.4 is 0 Å². The van der Waals surface area contributed by atoms with Gasteiger partial charge in [0.15, 0.2) is 5.79 Å². The number of rotatable bonds is 69. The maximum absolute atomic E-state index is 10.7. The van der Waals surface area contributed by atoms with E-state index < -0.39 is 23.3 Å². The molecule has 4 aromatic rings. The van der Waals surface area contributed by atoms with E-state index in [9.17, 15) is 19.8 Å². The smallest absolute Gasteiger partial charge is 0.310 e. The van der Waals surface area contributed by atoms with E-state index in [1.165, 1.54) is 13.8 Å². The van der Waals surface area contributed by atoms with Gasteiger partial charge in [0, 0.05) is 77.1 Å². The predicted molar refractivity (Wildman–Crippen MR) is 469 cm³/mol. The first-order chi connectivity index (χ1) is 58.5. The minimum atomic E-state index is -1.30. The molecule has 0 spiro atoms. The zero-order valence-electron chi connectivity index (χ0n) is 75.2. The minimum absolute atomic E-state index is 0.157. The normalized spacial score (nSPS) is 12.4. The molecule has 0 amide bonds. The van der Waals surface area contributed by atoms with E-state index in [1.807, 2.05) is 81.4 Å². The Morgan fingerprint density at radius 2 is 0.521 bits per heavy atom. The Bertz CT molecular complexity index is 3140. The van der Waals surface area contributed by atoms with Gasteiger partial charge in [0.2, 0.25) is 0 Å². The molecule has 0 heterocycles. The zero-order chi connectivity index (χ0) is 89.5. The molecule has 0 radical (unpaired) electrons. The van der Waals surface area contributed by atoms with Crippen molar-refractivity contribution in [3.05, 3.63) is 180 Å². The second-order valence-electron chi connectivity index (χ2n) is 26.9. The molecule has 4 aromatic carbocycles. The molecule has 0 aliphatic rings. The minimum Gasteiger partial charge on any atom is -0.498 e. The maximum atomic E-state index is 10.7. The van der Waals surface area contributed by atoms with Crippen LogP contribution in [0.15, 0.2) is 136 Å². The molecular formula is C92H146O29. The predicted octanol–water partition coefficient (Wildman–Crippen LogP) is 11.9. The first kappa shape index (κ1) is 114. The van der Waals surface area contributed by atoms with Crippen LogP contribution in [0.1, 0.15) is 93.0 Å². The summed E-state index contributed by atoms with van der Waals surface area (Å²) >= 11 is 0. The molecule has 29 heteroatoms. The van der Waals surface area contributed by atoms with Crippen molar-refractivity contribution in [2.75, 3.05) is 295 Å². The van der Waals surface area contributed by atoms with Crippen LogP contribution >= 0.6 is 0 Å². The van der Waals surface area contributed by atoms with Gasteiger partial charge in [-0.1, -0.05) is 117 Å². The Balaban J connectivity index is 0.00000154. The summed E-state index contributed by atoms with van der Waals surface area (Å²) in [7, 11) is 13.2. The summed E-state index contributed by atoms with van der Waals surface area (Å²) in [4.78, 5) is 19.6. The number of allylic oxidation sites excluding steroid dienone is 3. The van der Waals surface area contributed by atoms with Crippen molar-refractivity contribution in [3.63, 3.8) is 0 Å². The van der Waals surface area contributed by atoms with E-state index in [0.717, 1.165) is 77.9 Å². The fourth-order valence-electron chi connectivity index (χ4n) is 9.53. The Labute approximate surface area is 721 Å². The molecule has 0 aliphatic heterocycles. The molecule has 2 atom stereocenters. The molecule has 4 rings (SSSR count). The maximum Gasteiger partial charge on any atom is 0.310 e. The van der Waals surface area contributed by atoms with Gasteiger partial charge < -0.3 is 129 Å². The fraction of sp³-hybridized carbons (Fsp3) is 0.587. The van der Waals surface area contributed by atoms with Crippen molar-refractivity contribution in [1.29, 1.82) is 0 Å². The van der Waals surface area contributed by atoms with Gasteiger partial charge in [0.25, 0.3) is 0 Å². The highest BCUT2D eigenvalue weighted by molar-refractivity contribution is 5.82. The van der Waals surface area contributed by atoms with E-state index in [0.29, 0.717) is 231 Å². The molecule has 0 saturated carbocycles. The third-order valence-corrected chi connectivity index (χ3v) is 16.3. The second kappa shape index (κ2) is 78.9. The SMILES string of the molecule is C=C(COCCOCCOC)c1ccc(C(=C)COCCOCCOC)cc1.C=C(COCCOCCOC)c1ccc(C(C)=COCCOCCOC)cc1.CC(=O)OC(C)=O.COCCOCCOC=C(C)c1ccc(C(C)=COCCOCCOC)cc1.COCCOCCOCC(C)(O)c1ccc(CC(C)(O)OCCOCCOC)cc1. The van der Waals surface area contributed by atoms with E-state index in [-0.39, 0.29) is 13.2 Å². The number of carbonyl (C=O) groups excluding carboxylic acids is 2. The van der Waals surface area contributed by atoms with Gasteiger partial charge in [-0.3, -0.25) is 9.59 Å². The summed E-state index contributed by atoms with van der Waals surface area (Å²) in [5.41, 5.74) is 13.0. The van der Waals surface area contributed by atoms with Crippen LogP contribution in [-0.4, -0.2) is 323 Å². The highest BCUT2D eigenvalue weighted by Crippen LogP contribution is 2.25. The lowest BCUT2D eigenvalue weighted by molar-refractivity contribution is -0.195. The zero-order valence-corrected chi connectivity index (χ0v) is 75.2. The van der Waals surface area contributed by atoms with Crippen molar-refractivity contribution < 1.29 is 138 Å². The van der Waals surface area contributed by atoms with Crippen LogP contribution in [0.25, 0.3) is 33.4 Å². The highest BCUT2D eigenvalue weighted by atomic mass is 16.6. The largest absolute Gasteiger partial charge is 0.498 e. The molecule has 0 fully saturated rings. The molecule has 688 valence electrons. The van der Waals surface area contributed by atoms with E-state index >= 15 is 0 Å². The van der Waals surface area contributed by atoms with Gasteiger partial charge in [0.05, 0.1) is 237 Å². The number of hydrogen-bond acceptors (Lipinski definition) is 29. The lowest BCUT2D eigenvalue weighted by atomic mass is 9.94. The van der Waals surface area contributed by atoms with Gasteiger partial charge in [-0.25, -0.2) is 0 Å². The number of aliphatic hydroxyl groups is 2. The summed E-state index contributed by atoms with van der Waals surface area (Å²) in [6.07, 6.45) is 5.62. The first-order valence-electron chi connectivity index (χ1n) is 40.4. The van der Waals surface area contributed by atoms with Crippen LogP contribution in [0, 0.1) is 0 Å². The third-order valence-electron chi connectivity index (χ3n) is 16.3. The first-order valence-corrected chi connectivity index (χ1v) is 40.4. The van der Waals surface area contributed by atoms with E-state index in [1.54, 1.807) is 89.5 Å². The summed E-state index contributed by atoms with van der Waals surface area (Å²) in [5.74, 6) is -2.43. The van der Waals surface area contributed by atoms with Crippen LogP contribution in [0.3, 0.4) is 0 Å². The van der Waals surface area contributed by atoms with Crippen molar-refractivity contribution >= 4 is 45.4 Å². The van der Waals surface area contributed by atoms with Crippen molar-refractivity contribution in [2.45, 2.75) is 66.3 Å². The third kappa shape index (κ3) is 66.2. The molecule has 0 bridgehead atoms. The average Bonchev–Trinajstić information content (AvgIpc) is 0.814. The van der Waals surface area contributed by atoms with Gasteiger partial charge in [-0.2, -0.15) is 0 Å². The standard InChI is InChI=1S/C22H38O8.3C22H34O6.C4H6O3/c1-21(23,18-29-14-13-27-11-9-25-3)20-7-5-19(6-8-20)17-22(2,24)30-16-15-28-12-10-26-4;3*1-19(17-27-15-13-25-11-9-23-3)21-5-7-22(8-6-21)20(2)18-28-16-14-26-12-10-24-4;1-3(5)7-4(2)6/h5-8,23-24H,9-18H2,1-4H3;5-8,17-18H,9-16H2,1-4H3;5-8,18H,1,9-17H2,2-4H3;5-8H,1-2,9-18H2,3-4H3;1-2H3. The van der Waals surface area contributed by atoms with Gasteiger partial charge in [-0.15, -0.1) is 0 Å². The Morgan fingerprint density at radius 1 is 0.298 bits per heavy atom. The quantitative estimate of drug-likeness (QED) is 0.0136. The number of hydrogen-bond donors (Lipinski definition) is 2. The van der Waals surface area contributed by atoms with Gasteiger partial charge in [-0.05, 0) is 113 Å². The molecule has 0 saturated heterocycles. The Kier molecular flexibility index (Phi) is 74.3. The Hall–Kier alpha value is -7.06. The molecule has 0 aliphatic carbocycles. The lowest BCUT2D eigenvalue weighted by Gasteiger charge is -2.26. The van der Waals surface area contributed by atoms with Crippen LogP contribution in [0.4, 0.5) is 0 Å². The molecule has 2 unspecified atom stereocenters. The number of carbonyl (C=O) groups is 2. The van der Waals surface area contributed by atoms with Crippen LogP contribution in [0.5, 0.6) is 0 Å². The fourth-order valence-corrected chi connectivity index (χ4v) is 9.53. The second-order valence-corrected chi connectivity index (χ2v) is 26.9. The van der Waals surface area contributed by atoms with Gasteiger partial charge in [0.1, 0.15) is 25.4 Å². The van der Waals surface area contributed by atoms with Gasteiger partial charge >= 0.3 is 11.9 Å². The molecule has 2 N–H and O–H groups in total.